The molecule has 1 heterocycles. The Labute approximate surface area is 102 Å². The molecule has 1 atom stereocenters. The van der Waals surface area contributed by atoms with Gasteiger partial charge < -0.3 is 10.5 Å². The zero-order chi connectivity index (χ0) is 13.2. The third-order valence-corrected chi connectivity index (χ3v) is 2.73. The fourth-order valence-electron chi connectivity index (χ4n) is 1.58. The Morgan fingerprint density at radius 1 is 1.41 bits per heavy atom. The molecule has 0 amide bonds. The van der Waals surface area contributed by atoms with E-state index in [4.69, 9.17) is 10.5 Å². The summed E-state index contributed by atoms with van der Waals surface area (Å²) in [5.41, 5.74) is 6.36. The lowest BCUT2D eigenvalue weighted by Gasteiger charge is -2.17. The van der Waals surface area contributed by atoms with Crippen LogP contribution in [0.5, 0.6) is 5.75 Å². The van der Waals surface area contributed by atoms with Crippen LogP contribution in [0.4, 0.5) is 0 Å². The molecule has 5 nitrogen and oxygen atoms in total. The molecule has 0 aromatic carbocycles. The number of nitrogens with zero attached hydrogens (tertiary/aromatic N) is 2. The van der Waals surface area contributed by atoms with Crippen molar-refractivity contribution in [1.82, 2.24) is 9.78 Å². The van der Waals surface area contributed by atoms with Crippen molar-refractivity contribution < 1.29 is 9.53 Å². The number of hydrogen-bond acceptors (Lipinski definition) is 4. The van der Waals surface area contributed by atoms with Gasteiger partial charge in [0.1, 0.15) is 5.69 Å². The van der Waals surface area contributed by atoms with Gasteiger partial charge >= 0.3 is 0 Å². The van der Waals surface area contributed by atoms with Gasteiger partial charge in [0.25, 0.3) is 0 Å². The van der Waals surface area contributed by atoms with Gasteiger partial charge in [-0.3, -0.25) is 9.48 Å². The quantitative estimate of drug-likeness (QED) is 0.793. The molecule has 17 heavy (non-hydrogen) atoms. The normalized spacial score (nSPS) is 13.2. The Morgan fingerprint density at radius 2 is 2.00 bits per heavy atom. The molecule has 0 fully saturated rings. The first-order valence-corrected chi connectivity index (χ1v) is 5.81. The van der Waals surface area contributed by atoms with Crippen molar-refractivity contribution in [3.63, 3.8) is 0 Å². The number of hydrogen-bond donors (Lipinski definition) is 1. The smallest absolute Gasteiger partial charge is 0.201 e. The van der Waals surface area contributed by atoms with Crippen molar-refractivity contribution in [1.29, 1.82) is 0 Å². The minimum atomic E-state index is -0.530. The molecule has 1 aromatic heterocycles. The molecular weight excluding hydrogens is 218 g/mol. The highest BCUT2D eigenvalue weighted by Gasteiger charge is 2.27. The third kappa shape index (κ3) is 2.66. The lowest BCUT2D eigenvalue weighted by atomic mass is 9.98. The van der Waals surface area contributed by atoms with Gasteiger partial charge in [-0.15, -0.1) is 0 Å². The maximum Gasteiger partial charge on any atom is 0.201 e. The lowest BCUT2D eigenvalue weighted by molar-refractivity contribution is 0.0924. The van der Waals surface area contributed by atoms with Crippen LogP contribution in [0.3, 0.4) is 0 Å². The fraction of sp³-hybridized carbons (Fsp3) is 0.667. The average Bonchev–Trinajstić information content (AvgIpc) is 2.70. The third-order valence-electron chi connectivity index (χ3n) is 2.73. The summed E-state index contributed by atoms with van der Waals surface area (Å²) in [7, 11) is 1.53. The van der Waals surface area contributed by atoms with E-state index in [0.717, 1.165) is 0 Å². The summed E-state index contributed by atoms with van der Waals surface area (Å²) in [6.07, 6.45) is 1.56. The van der Waals surface area contributed by atoms with Crippen LogP contribution < -0.4 is 10.5 Å². The van der Waals surface area contributed by atoms with Gasteiger partial charge in [-0.05, 0) is 19.8 Å². The van der Waals surface area contributed by atoms with E-state index in [9.17, 15) is 4.79 Å². The molecule has 0 spiro atoms. The van der Waals surface area contributed by atoms with E-state index in [1.807, 2.05) is 27.7 Å². The minimum Gasteiger partial charge on any atom is -0.493 e. The summed E-state index contributed by atoms with van der Waals surface area (Å²) < 4.78 is 6.82. The van der Waals surface area contributed by atoms with Crippen LogP contribution in [0, 0.1) is 5.92 Å². The summed E-state index contributed by atoms with van der Waals surface area (Å²) in [5, 5.41) is 4.16. The Bertz CT molecular complexity index is 396. The zero-order valence-corrected chi connectivity index (χ0v) is 11.1. The second-order valence-electron chi connectivity index (χ2n) is 4.73. The van der Waals surface area contributed by atoms with Crippen molar-refractivity contribution in [2.24, 2.45) is 11.7 Å². The van der Waals surface area contributed by atoms with Crippen molar-refractivity contribution in [2.45, 2.75) is 39.8 Å². The van der Waals surface area contributed by atoms with Crippen molar-refractivity contribution in [2.75, 3.05) is 7.11 Å². The first-order valence-electron chi connectivity index (χ1n) is 5.81. The molecule has 1 rings (SSSR count). The maximum absolute atomic E-state index is 12.3. The fourth-order valence-corrected chi connectivity index (χ4v) is 1.58. The van der Waals surface area contributed by atoms with E-state index in [1.165, 1.54) is 7.11 Å². The molecule has 1 unspecified atom stereocenters. The number of carbonyl (C=O) groups excluding carboxylic acids is 1. The topological polar surface area (TPSA) is 70.1 Å². The Balaban J connectivity index is 3.18. The van der Waals surface area contributed by atoms with Crippen LogP contribution in [-0.4, -0.2) is 28.7 Å². The summed E-state index contributed by atoms with van der Waals surface area (Å²) in [6.45, 7) is 7.77. The second kappa shape index (κ2) is 5.31. The molecule has 1 aromatic rings. The van der Waals surface area contributed by atoms with Crippen LogP contribution >= 0.6 is 0 Å². The molecule has 0 bridgehead atoms. The molecule has 0 saturated carbocycles. The van der Waals surface area contributed by atoms with Gasteiger partial charge in [-0.2, -0.15) is 5.10 Å². The van der Waals surface area contributed by atoms with Crippen LogP contribution in [0.2, 0.25) is 0 Å². The van der Waals surface area contributed by atoms with Crippen molar-refractivity contribution >= 4 is 5.78 Å². The van der Waals surface area contributed by atoms with E-state index in [0.29, 0.717) is 11.4 Å². The summed E-state index contributed by atoms with van der Waals surface area (Å²) in [6, 6.07) is -0.435. The number of ether oxygens (including phenoxy) is 1. The predicted octanol–water partition coefficient (Wildman–Crippen LogP) is 1.64. The van der Waals surface area contributed by atoms with E-state index >= 15 is 0 Å². The maximum atomic E-state index is 12.3. The lowest BCUT2D eigenvalue weighted by Crippen LogP contribution is -2.37. The number of methoxy groups -OCH3 is 1. The van der Waals surface area contributed by atoms with Gasteiger partial charge in [0.2, 0.25) is 5.78 Å². The number of Topliss-reactive ketones (excluding diaryl/α,β-unsaturated/α-hetero) is 1. The standard InChI is InChI=1S/C12H21N3O2/c1-7(2)10(13)12(16)11-9(17-5)6-14-15(11)8(3)4/h6-8,10H,13H2,1-5H3. The molecule has 0 aliphatic heterocycles. The number of nitrogens with two attached hydrogens (primary N) is 1. The number of carbonyl (C=O) groups is 1. The predicted molar refractivity (Wildman–Crippen MR) is 66.3 cm³/mol. The van der Waals surface area contributed by atoms with E-state index in [2.05, 4.69) is 5.10 Å². The van der Waals surface area contributed by atoms with Crippen molar-refractivity contribution in [3.05, 3.63) is 11.9 Å². The monoisotopic (exact) mass is 239 g/mol. The number of aromatic nitrogens is 2. The van der Waals surface area contributed by atoms with E-state index in [1.54, 1.807) is 10.9 Å². The summed E-state index contributed by atoms with van der Waals surface area (Å²) >= 11 is 0. The SMILES string of the molecule is COc1cnn(C(C)C)c1C(=O)C(N)C(C)C. The summed E-state index contributed by atoms with van der Waals surface area (Å²) in [4.78, 5) is 12.3. The Hall–Kier alpha value is -1.36. The van der Waals surface area contributed by atoms with Crippen LogP contribution in [0.25, 0.3) is 0 Å². The highest BCUT2D eigenvalue weighted by atomic mass is 16.5. The first kappa shape index (κ1) is 13.7. The number of ketones is 1. The van der Waals surface area contributed by atoms with Gasteiger partial charge in [0.05, 0.1) is 19.3 Å². The molecular formula is C12H21N3O2. The largest absolute Gasteiger partial charge is 0.493 e. The van der Waals surface area contributed by atoms with E-state index < -0.39 is 6.04 Å². The van der Waals surface area contributed by atoms with E-state index in [-0.39, 0.29) is 17.7 Å². The highest BCUT2D eigenvalue weighted by molar-refractivity contribution is 6.01. The first-order chi connectivity index (χ1) is 7.90. The molecule has 0 aliphatic rings. The van der Waals surface area contributed by atoms with Gasteiger partial charge in [0, 0.05) is 6.04 Å². The van der Waals surface area contributed by atoms with Crippen LogP contribution in [-0.2, 0) is 0 Å². The molecule has 0 saturated heterocycles. The van der Waals surface area contributed by atoms with Crippen molar-refractivity contribution in [3.8, 4) is 5.75 Å². The van der Waals surface area contributed by atoms with Crippen LogP contribution in [0.1, 0.15) is 44.2 Å². The Morgan fingerprint density at radius 3 is 2.41 bits per heavy atom. The van der Waals surface area contributed by atoms with Gasteiger partial charge in [0.15, 0.2) is 5.75 Å². The average molecular weight is 239 g/mol. The molecule has 2 N–H and O–H groups in total. The number of rotatable bonds is 5. The highest BCUT2D eigenvalue weighted by Crippen LogP contribution is 2.23. The molecule has 0 radical (unpaired) electrons. The molecule has 0 aliphatic carbocycles. The summed E-state index contributed by atoms with van der Waals surface area (Å²) in [5.74, 6) is 0.450. The Kier molecular flexibility index (Phi) is 4.28. The van der Waals surface area contributed by atoms with Gasteiger partial charge in [-0.25, -0.2) is 0 Å². The minimum absolute atomic E-state index is 0.0859. The van der Waals surface area contributed by atoms with Gasteiger partial charge in [-0.1, -0.05) is 13.8 Å². The second-order valence-corrected chi connectivity index (χ2v) is 4.73. The molecule has 96 valence electrons. The van der Waals surface area contributed by atoms with Crippen LogP contribution in [0.15, 0.2) is 6.20 Å². The molecule has 5 heteroatoms. The zero-order valence-electron chi connectivity index (χ0n) is 11.1.